The van der Waals surface area contributed by atoms with E-state index >= 15 is 0 Å². The molecule has 5 aromatic carbocycles. The Bertz CT molecular complexity index is 2240. The topological polar surface area (TPSA) is 100 Å². The first kappa shape index (κ1) is 36.9. The third-order valence-electron chi connectivity index (χ3n) is 7.77. The van der Waals surface area contributed by atoms with Crippen molar-refractivity contribution in [1.82, 2.24) is 5.32 Å². The number of benzene rings is 5. The van der Waals surface area contributed by atoms with E-state index in [1.807, 2.05) is 24.3 Å². The van der Waals surface area contributed by atoms with E-state index in [4.69, 9.17) is 4.42 Å². The quantitative estimate of drug-likeness (QED) is 0.0896. The fourth-order valence-corrected chi connectivity index (χ4v) is 6.46. The number of anilines is 2. The summed E-state index contributed by atoms with van der Waals surface area (Å²) in [6.07, 6.45) is -3.22. The van der Waals surface area contributed by atoms with Gasteiger partial charge in [0.1, 0.15) is 22.5 Å². The van der Waals surface area contributed by atoms with Crippen LogP contribution >= 0.6 is 27.7 Å². The summed E-state index contributed by atoms with van der Waals surface area (Å²) in [5.41, 5.74) is 0.775. The van der Waals surface area contributed by atoms with Crippen LogP contribution in [-0.4, -0.2) is 17.7 Å². The Labute approximate surface area is 315 Å². The van der Waals surface area contributed by atoms with Crippen LogP contribution in [0.15, 0.2) is 165 Å². The maximum atomic E-state index is 13.7. The summed E-state index contributed by atoms with van der Waals surface area (Å²) < 4.78 is 47.9. The molecule has 0 spiro atoms. The lowest BCUT2D eigenvalue weighted by molar-refractivity contribution is -0.137. The predicted octanol–water partition coefficient (Wildman–Crippen LogP) is 10.6. The number of para-hydroxylation sites is 1. The minimum Gasteiger partial charge on any atom is -0.457 e. The summed E-state index contributed by atoms with van der Waals surface area (Å²) in [6.45, 7) is 0. The van der Waals surface area contributed by atoms with E-state index in [-0.39, 0.29) is 11.4 Å². The highest BCUT2D eigenvalue weighted by molar-refractivity contribution is 9.10. The minimum absolute atomic E-state index is 0.0750. The van der Waals surface area contributed by atoms with Crippen molar-refractivity contribution in [2.45, 2.75) is 16.3 Å². The van der Waals surface area contributed by atoms with E-state index in [2.05, 4.69) is 31.9 Å². The number of amides is 3. The number of alkyl halides is 3. The average molecular weight is 797 g/mol. The van der Waals surface area contributed by atoms with Gasteiger partial charge in [0.2, 0.25) is 5.91 Å². The Morgan fingerprint density at radius 1 is 0.717 bits per heavy atom. The van der Waals surface area contributed by atoms with Crippen molar-refractivity contribution in [3.8, 4) is 11.3 Å². The van der Waals surface area contributed by atoms with Crippen molar-refractivity contribution in [3.63, 3.8) is 0 Å². The highest BCUT2D eigenvalue weighted by Gasteiger charge is 2.34. The summed E-state index contributed by atoms with van der Waals surface area (Å²) in [7, 11) is 0. The molecule has 266 valence electrons. The molecule has 12 heteroatoms. The molecule has 0 radical (unpaired) electrons. The van der Waals surface area contributed by atoms with Gasteiger partial charge in [-0.2, -0.15) is 13.2 Å². The van der Waals surface area contributed by atoms with Crippen LogP contribution in [0.5, 0.6) is 0 Å². The Kier molecular flexibility index (Phi) is 11.6. The van der Waals surface area contributed by atoms with E-state index in [0.717, 1.165) is 27.9 Å². The van der Waals surface area contributed by atoms with Crippen molar-refractivity contribution in [1.29, 1.82) is 0 Å². The van der Waals surface area contributed by atoms with Gasteiger partial charge in [-0.15, -0.1) is 11.8 Å². The molecule has 6 rings (SSSR count). The fourth-order valence-electron chi connectivity index (χ4n) is 5.17. The number of halogens is 4. The molecule has 3 amide bonds. The molecule has 0 saturated heterocycles. The minimum atomic E-state index is -4.65. The molecular weight excluding hydrogens is 767 g/mol. The zero-order valence-electron chi connectivity index (χ0n) is 27.6. The fraction of sp³-hybridized carbons (Fsp3) is 0.0488. The molecule has 53 heavy (non-hydrogen) atoms. The molecule has 0 unspecified atom stereocenters. The number of hydrogen-bond acceptors (Lipinski definition) is 5. The zero-order valence-corrected chi connectivity index (χ0v) is 30.0. The van der Waals surface area contributed by atoms with Gasteiger partial charge in [0.25, 0.3) is 11.8 Å². The van der Waals surface area contributed by atoms with Gasteiger partial charge < -0.3 is 20.4 Å². The molecule has 0 aliphatic rings. The number of carbonyl (C=O) groups is 3. The first-order chi connectivity index (χ1) is 25.5. The van der Waals surface area contributed by atoms with E-state index < -0.39 is 34.7 Å². The second-order valence-corrected chi connectivity index (χ2v) is 13.6. The largest absolute Gasteiger partial charge is 0.457 e. The average Bonchev–Trinajstić information content (AvgIpc) is 3.63. The van der Waals surface area contributed by atoms with Crippen LogP contribution in [0.3, 0.4) is 0 Å². The number of thioether (sulfide) groups is 1. The van der Waals surface area contributed by atoms with Crippen LogP contribution in [0.25, 0.3) is 17.4 Å². The van der Waals surface area contributed by atoms with Gasteiger partial charge in [-0.25, -0.2) is 0 Å². The number of carbonyl (C=O) groups excluding carboxylic acids is 3. The SMILES string of the molecule is O=C(Nc1ccc(S[C@H](C(=O)Nc2ccccc2C(F)(F)F)c2ccccc2)cc1)/C(=C/c1ccc(-c2ccc(Br)cc2)o1)NC(=O)c1ccccc1. The summed E-state index contributed by atoms with van der Waals surface area (Å²) in [4.78, 5) is 40.9. The number of hydrogen-bond donors (Lipinski definition) is 3. The molecule has 1 aromatic heterocycles. The van der Waals surface area contributed by atoms with Crippen LogP contribution in [-0.2, 0) is 15.8 Å². The van der Waals surface area contributed by atoms with Crippen LogP contribution in [0.1, 0.15) is 32.5 Å². The Morgan fingerprint density at radius 3 is 2.04 bits per heavy atom. The predicted molar refractivity (Wildman–Crippen MR) is 204 cm³/mol. The second kappa shape index (κ2) is 16.7. The monoisotopic (exact) mass is 795 g/mol. The molecule has 1 atom stereocenters. The first-order valence-corrected chi connectivity index (χ1v) is 17.7. The summed E-state index contributed by atoms with van der Waals surface area (Å²) in [5.74, 6) is -0.864. The third kappa shape index (κ3) is 9.73. The van der Waals surface area contributed by atoms with Crippen LogP contribution in [0, 0.1) is 0 Å². The molecule has 0 aliphatic carbocycles. The van der Waals surface area contributed by atoms with Gasteiger partial charge in [0.15, 0.2) is 0 Å². The molecular formula is C41H29BrF3N3O4S. The van der Waals surface area contributed by atoms with E-state index in [1.165, 1.54) is 24.3 Å². The summed E-state index contributed by atoms with van der Waals surface area (Å²) in [6, 6.07) is 39.5. The van der Waals surface area contributed by atoms with Gasteiger partial charge in [0.05, 0.1) is 11.3 Å². The number of nitrogens with one attached hydrogen (secondary N) is 3. The molecule has 7 nitrogen and oxygen atoms in total. The highest BCUT2D eigenvalue weighted by atomic mass is 79.9. The normalized spacial score (nSPS) is 12.1. The summed E-state index contributed by atoms with van der Waals surface area (Å²) >= 11 is 4.55. The highest BCUT2D eigenvalue weighted by Crippen LogP contribution is 2.39. The Balaban J connectivity index is 1.21. The van der Waals surface area contributed by atoms with Gasteiger partial charge in [-0.3, -0.25) is 14.4 Å². The maximum absolute atomic E-state index is 13.7. The molecule has 0 fully saturated rings. The lowest BCUT2D eigenvalue weighted by Crippen LogP contribution is -2.30. The smallest absolute Gasteiger partial charge is 0.418 e. The molecule has 0 aliphatic heterocycles. The zero-order chi connectivity index (χ0) is 37.4. The van der Waals surface area contributed by atoms with Crippen molar-refractivity contribution in [3.05, 3.63) is 178 Å². The van der Waals surface area contributed by atoms with Gasteiger partial charge in [-0.05, 0) is 78.4 Å². The van der Waals surface area contributed by atoms with Crippen molar-refractivity contribution in [2.75, 3.05) is 10.6 Å². The molecule has 0 saturated carbocycles. The Morgan fingerprint density at radius 2 is 1.36 bits per heavy atom. The number of rotatable bonds is 11. The van der Waals surface area contributed by atoms with Gasteiger partial charge in [-0.1, -0.05) is 88.7 Å². The maximum Gasteiger partial charge on any atom is 0.418 e. The second-order valence-electron chi connectivity index (χ2n) is 11.5. The Hall–Kier alpha value is -5.85. The van der Waals surface area contributed by atoms with Crippen LogP contribution in [0.4, 0.5) is 24.5 Å². The van der Waals surface area contributed by atoms with Crippen LogP contribution < -0.4 is 16.0 Å². The third-order valence-corrected chi connectivity index (χ3v) is 9.56. The van der Waals surface area contributed by atoms with E-state index in [1.54, 1.807) is 97.1 Å². The van der Waals surface area contributed by atoms with E-state index in [0.29, 0.717) is 33.2 Å². The molecule has 1 heterocycles. The van der Waals surface area contributed by atoms with Crippen molar-refractivity contribution < 1.29 is 32.0 Å². The lowest BCUT2D eigenvalue weighted by Gasteiger charge is -2.19. The molecule has 3 N–H and O–H groups in total. The first-order valence-electron chi connectivity index (χ1n) is 16.1. The van der Waals surface area contributed by atoms with Crippen molar-refractivity contribution in [2.24, 2.45) is 0 Å². The van der Waals surface area contributed by atoms with Crippen molar-refractivity contribution >= 4 is 62.9 Å². The van der Waals surface area contributed by atoms with Gasteiger partial charge >= 0.3 is 6.18 Å². The molecule has 0 bridgehead atoms. The van der Waals surface area contributed by atoms with Crippen LogP contribution in [0.2, 0.25) is 0 Å². The molecule has 6 aromatic rings. The van der Waals surface area contributed by atoms with E-state index in [9.17, 15) is 27.6 Å². The van der Waals surface area contributed by atoms with Gasteiger partial charge in [0, 0.05) is 32.3 Å². The summed E-state index contributed by atoms with van der Waals surface area (Å²) in [5, 5.41) is 7.03. The standard InChI is InChI=1S/C41H29BrF3N3O4S/c42-29-17-15-26(16-18-29)36-24-21-31(52-36)25-35(48-38(49)28-11-5-2-6-12-28)39(50)46-30-19-22-32(23-20-30)53-37(27-9-3-1-4-10-27)40(51)47-34-14-8-7-13-33(34)41(43,44)45/h1-25,37H,(H,46,50)(H,47,51)(H,48,49)/b35-25-/t37-/m0/s1. The lowest BCUT2D eigenvalue weighted by atomic mass is 10.1. The number of furan rings is 1.